The average Bonchev–Trinajstić information content (AvgIpc) is 2.85. The van der Waals surface area contributed by atoms with E-state index in [0.717, 1.165) is 32.1 Å². The van der Waals surface area contributed by atoms with Crippen molar-refractivity contribution in [3.8, 4) is 0 Å². The number of hydrogen-bond acceptors (Lipinski definition) is 5. The molecule has 24 heavy (non-hydrogen) atoms. The van der Waals surface area contributed by atoms with Crippen molar-refractivity contribution in [1.29, 1.82) is 0 Å². The first-order valence-corrected chi connectivity index (χ1v) is 9.61. The Labute approximate surface area is 141 Å². The fourth-order valence-electron chi connectivity index (χ4n) is 2.96. The van der Waals surface area contributed by atoms with Gasteiger partial charge in [0.15, 0.2) is 0 Å². The maximum Gasteiger partial charge on any atom is 0.399 e. The number of esters is 1. The van der Waals surface area contributed by atoms with Gasteiger partial charge in [-0.2, -0.15) is 8.42 Å². The molecule has 0 radical (unpaired) electrons. The van der Waals surface area contributed by atoms with Crippen LogP contribution in [0.15, 0.2) is 24.3 Å². The lowest BCUT2D eigenvalue weighted by molar-refractivity contribution is -0.920. The SMILES string of the molecule is CCCCCCCC[NH+]([O-])C1(S(=O)(=O)O)OC(=O)c2ccccc21. The van der Waals surface area contributed by atoms with Gasteiger partial charge >= 0.3 is 21.1 Å². The van der Waals surface area contributed by atoms with Crippen LogP contribution >= 0.6 is 0 Å². The molecule has 0 amide bonds. The lowest BCUT2D eigenvalue weighted by Crippen LogP contribution is -3.16. The Balaban J connectivity index is 2.18. The van der Waals surface area contributed by atoms with E-state index < -0.39 is 26.2 Å². The fourth-order valence-corrected chi connectivity index (χ4v) is 3.99. The molecular formula is C16H23NO6S. The number of unbranched alkanes of at least 4 members (excludes halogenated alkanes) is 5. The molecule has 8 heteroatoms. The molecule has 0 spiro atoms. The molecule has 2 unspecified atom stereocenters. The van der Waals surface area contributed by atoms with E-state index in [-0.39, 0.29) is 17.7 Å². The normalized spacial score (nSPS) is 21.4. The number of hydroxylamine groups is 2. The lowest BCUT2D eigenvalue weighted by atomic mass is 10.1. The Kier molecular flexibility index (Phi) is 5.97. The number of ether oxygens (including phenoxy) is 1. The quantitative estimate of drug-likeness (QED) is 0.301. The van der Waals surface area contributed by atoms with Crippen LogP contribution < -0.4 is 5.06 Å². The Morgan fingerprint density at radius 3 is 2.46 bits per heavy atom. The van der Waals surface area contributed by atoms with Gasteiger partial charge in [-0.05, 0) is 25.0 Å². The summed E-state index contributed by atoms with van der Waals surface area (Å²) in [6.45, 7) is 2.03. The molecule has 7 nitrogen and oxygen atoms in total. The summed E-state index contributed by atoms with van der Waals surface area (Å²) in [5.74, 6) is -0.917. The van der Waals surface area contributed by atoms with E-state index in [1.807, 2.05) is 0 Å². The smallest absolute Gasteiger partial charge is 0.399 e. The molecule has 0 fully saturated rings. The van der Waals surface area contributed by atoms with Gasteiger partial charge < -0.3 is 15.0 Å². The number of benzene rings is 1. The number of hydrogen-bond donors (Lipinski definition) is 2. The number of carbonyl (C=O) groups is 1. The van der Waals surface area contributed by atoms with Crippen molar-refractivity contribution in [2.24, 2.45) is 0 Å². The minimum Gasteiger partial charge on any atom is -0.630 e. The number of rotatable bonds is 9. The van der Waals surface area contributed by atoms with Gasteiger partial charge in [-0.1, -0.05) is 44.7 Å². The van der Waals surface area contributed by atoms with Gasteiger partial charge in [-0.15, -0.1) is 0 Å². The average molecular weight is 357 g/mol. The van der Waals surface area contributed by atoms with Crippen LogP contribution in [0.3, 0.4) is 0 Å². The van der Waals surface area contributed by atoms with Gasteiger partial charge in [0.2, 0.25) is 0 Å². The molecular weight excluding hydrogens is 334 g/mol. The Bertz CT molecular complexity index is 690. The fraction of sp³-hybridized carbons (Fsp3) is 0.562. The van der Waals surface area contributed by atoms with Crippen LogP contribution in [0.25, 0.3) is 0 Å². The van der Waals surface area contributed by atoms with Crippen LogP contribution in [0.1, 0.15) is 61.4 Å². The first-order chi connectivity index (χ1) is 11.3. The Hall–Kier alpha value is -1.48. The van der Waals surface area contributed by atoms with E-state index in [2.05, 4.69) is 6.92 Å². The van der Waals surface area contributed by atoms with Crippen LogP contribution in [-0.2, 0) is 19.9 Å². The van der Waals surface area contributed by atoms with Gasteiger partial charge in [-0.25, -0.2) is 4.79 Å². The van der Waals surface area contributed by atoms with Crippen molar-refractivity contribution >= 4 is 16.1 Å². The van der Waals surface area contributed by atoms with Crippen LogP contribution in [-0.4, -0.2) is 25.5 Å². The summed E-state index contributed by atoms with van der Waals surface area (Å²) in [6, 6.07) is 5.74. The van der Waals surface area contributed by atoms with E-state index in [1.165, 1.54) is 18.2 Å². The van der Waals surface area contributed by atoms with E-state index in [1.54, 1.807) is 6.07 Å². The second-order valence-electron chi connectivity index (χ2n) is 5.97. The van der Waals surface area contributed by atoms with E-state index in [4.69, 9.17) is 4.74 Å². The Morgan fingerprint density at radius 1 is 1.17 bits per heavy atom. The predicted octanol–water partition coefficient (Wildman–Crippen LogP) is 1.60. The third-order valence-corrected chi connectivity index (χ3v) is 5.48. The third-order valence-electron chi connectivity index (χ3n) is 4.23. The molecule has 1 aromatic rings. The summed E-state index contributed by atoms with van der Waals surface area (Å²) in [4.78, 5) is 11.9. The van der Waals surface area contributed by atoms with Crippen LogP contribution in [0.2, 0.25) is 0 Å². The zero-order valence-electron chi connectivity index (χ0n) is 13.7. The maximum atomic E-state index is 12.6. The first-order valence-electron chi connectivity index (χ1n) is 8.17. The second kappa shape index (κ2) is 7.60. The molecule has 1 aromatic carbocycles. The number of quaternary nitrogens is 1. The zero-order chi connectivity index (χ0) is 17.8. The second-order valence-corrected chi connectivity index (χ2v) is 7.49. The summed E-state index contributed by atoms with van der Waals surface area (Å²) in [7, 11) is -4.95. The molecule has 0 saturated carbocycles. The van der Waals surface area contributed by atoms with E-state index in [9.17, 15) is 23.0 Å². The van der Waals surface area contributed by atoms with Crippen molar-refractivity contribution in [1.82, 2.24) is 0 Å². The molecule has 2 N–H and O–H groups in total. The van der Waals surface area contributed by atoms with Crippen molar-refractivity contribution in [2.45, 2.75) is 50.5 Å². The van der Waals surface area contributed by atoms with Gasteiger partial charge in [0.05, 0.1) is 17.7 Å². The highest BCUT2D eigenvalue weighted by Crippen LogP contribution is 2.35. The molecule has 0 aliphatic carbocycles. The summed E-state index contributed by atoms with van der Waals surface area (Å²) >= 11 is 0. The molecule has 1 aliphatic rings. The first kappa shape index (κ1) is 18.9. The van der Waals surface area contributed by atoms with Crippen molar-refractivity contribution in [3.05, 3.63) is 40.6 Å². The standard InChI is InChI=1S/C16H23NO6S/c1-2-3-4-5-6-9-12-17(19)16(24(20,21)22)14-11-8-7-10-13(14)15(18)23-16/h7-8,10-11,17H,2-6,9,12H2,1H3,(H,20,21,22). The molecule has 0 aromatic heterocycles. The van der Waals surface area contributed by atoms with Gasteiger partial charge in [0.25, 0.3) is 0 Å². The molecule has 1 heterocycles. The minimum absolute atomic E-state index is 0.00794. The number of nitrogens with one attached hydrogen (secondary N) is 1. The van der Waals surface area contributed by atoms with Crippen LogP contribution in [0.4, 0.5) is 0 Å². The van der Waals surface area contributed by atoms with Crippen molar-refractivity contribution in [2.75, 3.05) is 6.54 Å². The highest BCUT2D eigenvalue weighted by atomic mass is 32.2. The minimum atomic E-state index is -4.95. The topological polar surface area (TPSA) is 108 Å². The number of carbonyl (C=O) groups excluding carboxylic acids is 1. The zero-order valence-corrected chi connectivity index (χ0v) is 14.5. The summed E-state index contributed by atoms with van der Waals surface area (Å²) in [5.41, 5.74) is -0.111. The lowest BCUT2D eigenvalue weighted by Gasteiger charge is -2.36. The van der Waals surface area contributed by atoms with Crippen LogP contribution in [0, 0.1) is 5.21 Å². The Morgan fingerprint density at radius 2 is 1.79 bits per heavy atom. The molecule has 2 atom stereocenters. The summed E-state index contributed by atoms with van der Waals surface area (Å²) in [6.07, 6.45) is 5.51. The molecule has 134 valence electrons. The maximum absolute atomic E-state index is 12.6. The largest absolute Gasteiger partial charge is 0.630 e. The molecule has 0 bridgehead atoms. The predicted molar refractivity (Wildman–Crippen MR) is 87.7 cm³/mol. The molecule has 1 aliphatic heterocycles. The third kappa shape index (κ3) is 3.46. The number of cyclic esters (lactones) is 1. The van der Waals surface area contributed by atoms with E-state index in [0.29, 0.717) is 6.42 Å². The van der Waals surface area contributed by atoms with Gasteiger partial charge in [0, 0.05) is 0 Å². The number of fused-ring (bicyclic) bond motifs is 1. The highest BCUT2D eigenvalue weighted by Gasteiger charge is 2.61. The summed E-state index contributed by atoms with van der Waals surface area (Å²) < 4.78 is 38.4. The summed E-state index contributed by atoms with van der Waals surface area (Å²) in [5, 5.41) is 9.17. The molecule has 0 saturated heterocycles. The van der Waals surface area contributed by atoms with Crippen molar-refractivity contribution < 1.29 is 27.6 Å². The highest BCUT2D eigenvalue weighted by molar-refractivity contribution is 7.86. The van der Waals surface area contributed by atoms with Gasteiger partial charge in [0.1, 0.15) is 0 Å². The van der Waals surface area contributed by atoms with E-state index >= 15 is 0 Å². The van der Waals surface area contributed by atoms with Gasteiger partial charge in [-0.3, -0.25) is 4.55 Å². The van der Waals surface area contributed by atoms with Crippen LogP contribution in [0.5, 0.6) is 0 Å². The van der Waals surface area contributed by atoms with Crippen molar-refractivity contribution in [3.63, 3.8) is 0 Å². The molecule has 2 rings (SSSR count). The monoisotopic (exact) mass is 357 g/mol.